The summed E-state index contributed by atoms with van der Waals surface area (Å²) in [5, 5.41) is 2.23. The molecule has 0 radical (unpaired) electrons. The van der Waals surface area contributed by atoms with Gasteiger partial charge in [-0.3, -0.25) is 4.98 Å². The van der Waals surface area contributed by atoms with Crippen LogP contribution in [0.2, 0.25) is 0 Å². The molecule has 2 N–H and O–H groups in total. The Morgan fingerprint density at radius 3 is 2.70 bits per heavy atom. The van der Waals surface area contributed by atoms with E-state index in [2.05, 4.69) is 32.0 Å². The fourth-order valence-corrected chi connectivity index (χ4v) is 2.55. The number of aromatic nitrogens is 2. The van der Waals surface area contributed by atoms with Crippen LogP contribution in [0, 0.1) is 0 Å². The fraction of sp³-hybridized carbons (Fsp3) is 0.0667. The number of nitrogens with zero attached hydrogens (tertiary/aromatic N) is 2. The third-order valence-corrected chi connectivity index (χ3v) is 3.78. The zero-order chi connectivity index (χ0) is 13.9. The van der Waals surface area contributed by atoms with Crippen LogP contribution in [0.4, 0.5) is 0 Å². The molecule has 0 bridgehead atoms. The van der Waals surface area contributed by atoms with Crippen molar-refractivity contribution >= 4 is 26.7 Å². The third-order valence-electron chi connectivity index (χ3n) is 2.96. The van der Waals surface area contributed by atoms with Crippen LogP contribution < -0.4 is 10.5 Å². The van der Waals surface area contributed by atoms with Crippen molar-refractivity contribution in [2.24, 2.45) is 5.73 Å². The Balaban J connectivity index is 2.05. The predicted octanol–water partition coefficient (Wildman–Crippen LogP) is 3.64. The highest BCUT2D eigenvalue weighted by Gasteiger charge is 2.10. The summed E-state index contributed by atoms with van der Waals surface area (Å²) in [4.78, 5) is 8.34. The molecule has 20 heavy (non-hydrogen) atoms. The minimum atomic E-state index is 0.286. The van der Waals surface area contributed by atoms with E-state index in [-0.39, 0.29) is 6.54 Å². The highest BCUT2D eigenvalue weighted by atomic mass is 79.9. The molecule has 3 aromatic rings. The van der Waals surface area contributed by atoms with Gasteiger partial charge in [-0.05, 0) is 32.8 Å². The Morgan fingerprint density at radius 1 is 1.05 bits per heavy atom. The molecule has 0 aliphatic heterocycles. The molecule has 1 heterocycles. The van der Waals surface area contributed by atoms with Gasteiger partial charge in [0.1, 0.15) is 11.4 Å². The Hall–Kier alpha value is -1.98. The quantitative estimate of drug-likeness (QED) is 0.796. The van der Waals surface area contributed by atoms with Crippen molar-refractivity contribution in [1.29, 1.82) is 0 Å². The molecule has 0 unspecified atom stereocenters. The van der Waals surface area contributed by atoms with Crippen LogP contribution in [0.3, 0.4) is 0 Å². The molecule has 0 aliphatic rings. The molecule has 0 saturated carbocycles. The van der Waals surface area contributed by atoms with Crippen molar-refractivity contribution in [3.8, 4) is 11.6 Å². The highest BCUT2D eigenvalue weighted by Crippen LogP contribution is 2.35. The van der Waals surface area contributed by atoms with Gasteiger partial charge >= 0.3 is 0 Å². The first-order valence-corrected chi connectivity index (χ1v) is 6.94. The summed E-state index contributed by atoms with van der Waals surface area (Å²) < 4.78 is 6.73. The van der Waals surface area contributed by atoms with Crippen molar-refractivity contribution in [3.05, 3.63) is 59.0 Å². The van der Waals surface area contributed by atoms with Crippen LogP contribution in [0.25, 0.3) is 10.8 Å². The second-order valence-electron chi connectivity index (χ2n) is 4.21. The average molecular weight is 330 g/mol. The third kappa shape index (κ3) is 2.37. The van der Waals surface area contributed by atoms with Crippen LogP contribution in [-0.2, 0) is 6.54 Å². The van der Waals surface area contributed by atoms with E-state index < -0.39 is 0 Å². The fourth-order valence-electron chi connectivity index (χ4n) is 1.98. The van der Waals surface area contributed by atoms with Crippen molar-refractivity contribution in [1.82, 2.24) is 9.97 Å². The SMILES string of the molecule is NCc1nccnc1Oc1ccc2ccccc2c1Br. The summed E-state index contributed by atoms with van der Waals surface area (Å²) in [6, 6.07) is 12.0. The summed E-state index contributed by atoms with van der Waals surface area (Å²) in [6.45, 7) is 0.286. The van der Waals surface area contributed by atoms with Gasteiger partial charge < -0.3 is 10.5 Å². The molecular weight excluding hydrogens is 318 g/mol. The first kappa shape index (κ1) is 13.0. The monoisotopic (exact) mass is 329 g/mol. The van der Waals surface area contributed by atoms with E-state index in [1.54, 1.807) is 12.4 Å². The molecule has 2 aromatic carbocycles. The summed E-state index contributed by atoms with van der Waals surface area (Å²) in [6.07, 6.45) is 3.19. The van der Waals surface area contributed by atoms with Gasteiger partial charge in [-0.1, -0.05) is 30.3 Å². The highest BCUT2D eigenvalue weighted by molar-refractivity contribution is 9.10. The molecule has 100 valence electrons. The Morgan fingerprint density at radius 2 is 1.85 bits per heavy atom. The normalized spacial score (nSPS) is 10.7. The number of rotatable bonds is 3. The van der Waals surface area contributed by atoms with Gasteiger partial charge in [0.25, 0.3) is 0 Å². The van der Waals surface area contributed by atoms with Gasteiger partial charge in [0.05, 0.1) is 4.47 Å². The van der Waals surface area contributed by atoms with Crippen LogP contribution in [0.5, 0.6) is 11.6 Å². The number of nitrogens with two attached hydrogens (primary N) is 1. The van der Waals surface area contributed by atoms with Crippen LogP contribution in [0.15, 0.2) is 53.3 Å². The zero-order valence-corrected chi connectivity index (χ0v) is 12.2. The molecule has 0 fully saturated rings. The number of hydrogen-bond donors (Lipinski definition) is 1. The molecule has 3 rings (SSSR count). The second kappa shape index (κ2) is 5.56. The van der Waals surface area contributed by atoms with E-state index in [4.69, 9.17) is 10.5 Å². The van der Waals surface area contributed by atoms with E-state index in [9.17, 15) is 0 Å². The zero-order valence-electron chi connectivity index (χ0n) is 10.6. The van der Waals surface area contributed by atoms with E-state index >= 15 is 0 Å². The number of hydrogen-bond acceptors (Lipinski definition) is 4. The average Bonchev–Trinajstić information content (AvgIpc) is 2.51. The van der Waals surface area contributed by atoms with Crippen molar-refractivity contribution in [2.45, 2.75) is 6.54 Å². The molecule has 0 spiro atoms. The number of fused-ring (bicyclic) bond motifs is 1. The smallest absolute Gasteiger partial charge is 0.242 e. The van der Waals surface area contributed by atoms with Gasteiger partial charge in [-0.15, -0.1) is 0 Å². The van der Waals surface area contributed by atoms with Crippen molar-refractivity contribution < 1.29 is 4.74 Å². The topological polar surface area (TPSA) is 61.0 Å². The standard InChI is InChI=1S/C15H12BrN3O/c16-14-11-4-2-1-3-10(11)5-6-13(14)20-15-12(9-17)18-7-8-19-15/h1-8H,9,17H2. The summed E-state index contributed by atoms with van der Waals surface area (Å²) >= 11 is 3.58. The lowest BCUT2D eigenvalue weighted by Gasteiger charge is -2.11. The lowest BCUT2D eigenvalue weighted by Crippen LogP contribution is -2.03. The van der Waals surface area contributed by atoms with Gasteiger partial charge in [0, 0.05) is 18.9 Å². The maximum Gasteiger partial charge on any atom is 0.242 e. The summed E-state index contributed by atoms with van der Waals surface area (Å²) in [5.74, 6) is 1.13. The molecule has 0 amide bonds. The largest absolute Gasteiger partial charge is 0.436 e. The van der Waals surface area contributed by atoms with Crippen molar-refractivity contribution in [2.75, 3.05) is 0 Å². The van der Waals surface area contributed by atoms with Gasteiger partial charge in [-0.25, -0.2) is 4.98 Å². The molecular formula is C15H12BrN3O. The van der Waals surface area contributed by atoms with Crippen LogP contribution >= 0.6 is 15.9 Å². The van der Waals surface area contributed by atoms with E-state index in [0.29, 0.717) is 17.3 Å². The molecule has 1 aromatic heterocycles. The minimum Gasteiger partial charge on any atom is -0.436 e. The molecule has 4 nitrogen and oxygen atoms in total. The summed E-state index contributed by atoms with van der Waals surface area (Å²) in [5.41, 5.74) is 6.27. The molecule has 0 aliphatic carbocycles. The lowest BCUT2D eigenvalue weighted by atomic mass is 10.1. The lowest BCUT2D eigenvalue weighted by molar-refractivity contribution is 0.450. The van der Waals surface area contributed by atoms with Crippen LogP contribution in [0.1, 0.15) is 5.69 Å². The number of halogens is 1. The predicted molar refractivity (Wildman–Crippen MR) is 81.6 cm³/mol. The van der Waals surface area contributed by atoms with E-state index in [1.165, 1.54) is 0 Å². The maximum atomic E-state index is 5.84. The summed E-state index contributed by atoms with van der Waals surface area (Å²) in [7, 11) is 0. The number of ether oxygens (including phenoxy) is 1. The molecule has 5 heteroatoms. The Labute approximate surface area is 124 Å². The Kier molecular flexibility index (Phi) is 3.62. The van der Waals surface area contributed by atoms with Gasteiger partial charge in [0.2, 0.25) is 5.88 Å². The first-order valence-electron chi connectivity index (χ1n) is 6.14. The van der Waals surface area contributed by atoms with Gasteiger partial charge in [0.15, 0.2) is 0 Å². The molecule has 0 atom stereocenters. The van der Waals surface area contributed by atoms with E-state index in [1.807, 2.05) is 30.3 Å². The van der Waals surface area contributed by atoms with Gasteiger partial charge in [-0.2, -0.15) is 0 Å². The van der Waals surface area contributed by atoms with E-state index in [0.717, 1.165) is 15.2 Å². The Bertz CT molecular complexity index is 761. The maximum absolute atomic E-state index is 5.84. The minimum absolute atomic E-state index is 0.286. The molecule has 0 saturated heterocycles. The van der Waals surface area contributed by atoms with Crippen molar-refractivity contribution in [3.63, 3.8) is 0 Å². The number of benzene rings is 2. The second-order valence-corrected chi connectivity index (χ2v) is 5.01. The first-order chi connectivity index (χ1) is 9.79. The van der Waals surface area contributed by atoms with Crippen LogP contribution in [-0.4, -0.2) is 9.97 Å².